The maximum atomic E-state index is 12.1. The van der Waals surface area contributed by atoms with Gasteiger partial charge in [0.05, 0.1) is 6.04 Å². The maximum Gasteiger partial charge on any atom is 0.316 e. The number of hydrogen-bond donors (Lipinski definition) is 0. The third-order valence-corrected chi connectivity index (χ3v) is 3.60. The zero-order chi connectivity index (χ0) is 12.0. The van der Waals surface area contributed by atoms with Crippen molar-refractivity contribution in [1.82, 2.24) is 4.90 Å². The molecule has 3 rings (SSSR count). The van der Waals surface area contributed by atoms with Gasteiger partial charge >= 0.3 is 11.8 Å². The zero-order valence-corrected chi connectivity index (χ0v) is 9.72. The van der Waals surface area contributed by atoms with Crippen LogP contribution in [0.4, 0.5) is 5.69 Å². The van der Waals surface area contributed by atoms with Gasteiger partial charge in [0.15, 0.2) is 0 Å². The molecule has 17 heavy (non-hydrogen) atoms. The molecule has 1 aromatic carbocycles. The van der Waals surface area contributed by atoms with Crippen molar-refractivity contribution in [3.8, 4) is 0 Å². The quantitative estimate of drug-likeness (QED) is 0.619. The SMILES string of the molecule is CN1C[C@@H]2CCc3ccccc3N2C(=O)C1=O. The van der Waals surface area contributed by atoms with Crippen LogP contribution in [0.15, 0.2) is 24.3 Å². The maximum absolute atomic E-state index is 12.1. The summed E-state index contributed by atoms with van der Waals surface area (Å²) in [6.45, 7) is 0.638. The molecule has 1 aromatic rings. The van der Waals surface area contributed by atoms with Crippen LogP contribution in [0, 0.1) is 0 Å². The van der Waals surface area contributed by atoms with Gasteiger partial charge in [-0.2, -0.15) is 0 Å². The van der Waals surface area contributed by atoms with Crippen LogP contribution < -0.4 is 4.90 Å². The first-order chi connectivity index (χ1) is 8.18. The van der Waals surface area contributed by atoms with Crippen LogP contribution in [0.1, 0.15) is 12.0 Å². The van der Waals surface area contributed by atoms with Crippen LogP contribution in [0.3, 0.4) is 0 Å². The summed E-state index contributed by atoms with van der Waals surface area (Å²) in [5.41, 5.74) is 2.07. The first kappa shape index (κ1) is 10.3. The van der Waals surface area contributed by atoms with Crippen molar-refractivity contribution in [2.45, 2.75) is 18.9 Å². The number of likely N-dealkylation sites (N-methyl/N-ethyl adjacent to an activating group) is 1. The van der Waals surface area contributed by atoms with E-state index < -0.39 is 11.8 Å². The van der Waals surface area contributed by atoms with E-state index in [9.17, 15) is 9.59 Å². The van der Waals surface area contributed by atoms with Gasteiger partial charge in [-0.15, -0.1) is 0 Å². The molecule has 0 radical (unpaired) electrons. The van der Waals surface area contributed by atoms with Gasteiger partial charge in [0.1, 0.15) is 0 Å². The van der Waals surface area contributed by atoms with Crippen LogP contribution in [-0.4, -0.2) is 36.3 Å². The lowest BCUT2D eigenvalue weighted by Crippen LogP contribution is -2.60. The summed E-state index contributed by atoms with van der Waals surface area (Å²) in [4.78, 5) is 27.0. The molecular formula is C13H14N2O2. The van der Waals surface area contributed by atoms with Crippen LogP contribution in [0.2, 0.25) is 0 Å². The minimum atomic E-state index is -0.405. The number of nitrogens with zero attached hydrogens (tertiary/aromatic N) is 2. The summed E-state index contributed by atoms with van der Waals surface area (Å²) >= 11 is 0. The van der Waals surface area contributed by atoms with E-state index in [4.69, 9.17) is 0 Å². The first-order valence-corrected chi connectivity index (χ1v) is 5.85. The van der Waals surface area contributed by atoms with Crippen LogP contribution in [0.5, 0.6) is 0 Å². The van der Waals surface area contributed by atoms with Gasteiger partial charge in [-0.05, 0) is 24.5 Å². The van der Waals surface area contributed by atoms with Gasteiger partial charge in [0.2, 0.25) is 0 Å². The first-order valence-electron chi connectivity index (χ1n) is 5.85. The molecule has 4 heteroatoms. The molecule has 0 N–H and O–H groups in total. The van der Waals surface area contributed by atoms with E-state index >= 15 is 0 Å². The number of aryl methyl sites for hydroxylation is 1. The lowest BCUT2D eigenvalue weighted by Gasteiger charge is -2.42. The standard InChI is InChI=1S/C13H14N2O2/c1-14-8-10-7-6-9-4-2-3-5-11(9)15(10)13(17)12(14)16/h2-5,10H,6-8H2,1H3/t10-/m0/s1. The van der Waals surface area contributed by atoms with E-state index in [0.29, 0.717) is 6.54 Å². The third kappa shape index (κ3) is 1.44. The number of amides is 2. The second kappa shape index (κ2) is 3.58. The highest BCUT2D eigenvalue weighted by atomic mass is 16.2. The minimum absolute atomic E-state index is 0.139. The van der Waals surface area contributed by atoms with Crippen LogP contribution in [0.25, 0.3) is 0 Å². The number of carbonyl (C=O) groups excluding carboxylic acids is 2. The molecule has 0 bridgehead atoms. The summed E-state index contributed by atoms with van der Waals surface area (Å²) in [5.74, 6) is -0.797. The largest absolute Gasteiger partial charge is 0.335 e. The van der Waals surface area contributed by atoms with Gasteiger partial charge in [-0.3, -0.25) is 14.5 Å². The molecule has 2 amide bonds. The van der Waals surface area contributed by atoms with Crippen molar-refractivity contribution in [2.24, 2.45) is 0 Å². The number of para-hydroxylation sites is 1. The minimum Gasteiger partial charge on any atom is -0.335 e. The molecule has 1 atom stereocenters. The van der Waals surface area contributed by atoms with Gasteiger partial charge in [-0.25, -0.2) is 0 Å². The molecule has 0 aromatic heterocycles. The smallest absolute Gasteiger partial charge is 0.316 e. The zero-order valence-electron chi connectivity index (χ0n) is 9.72. The number of piperazine rings is 1. The Balaban J connectivity index is 2.06. The van der Waals surface area contributed by atoms with Crippen molar-refractivity contribution in [2.75, 3.05) is 18.5 Å². The molecule has 1 saturated heterocycles. The Morgan fingerprint density at radius 3 is 2.76 bits per heavy atom. The Labute approximate surface area is 99.8 Å². The predicted octanol–water partition coefficient (Wildman–Crippen LogP) is 0.806. The lowest BCUT2D eigenvalue weighted by atomic mass is 9.93. The Kier molecular flexibility index (Phi) is 2.18. The van der Waals surface area contributed by atoms with Crippen molar-refractivity contribution < 1.29 is 9.59 Å². The molecule has 1 fully saturated rings. The van der Waals surface area contributed by atoms with Gasteiger partial charge < -0.3 is 4.90 Å². The fourth-order valence-corrected chi connectivity index (χ4v) is 2.72. The summed E-state index contributed by atoms with van der Waals surface area (Å²) in [6, 6.07) is 7.98. The highest BCUT2D eigenvalue weighted by Crippen LogP contribution is 2.32. The second-order valence-electron chi connectivity index (χ2n) is 4.68. The Bertz CT molecular complexity index is 498. The van der Waals surface area contributed by atoms with Gasteiger partial charge in [-0.1, -0.05) is 18.2 Å². The van der Waals surface area contributed by atoms with Gasteiger partial charge in [0, 0.05) is 19.3 Å². The van der Waals surface area contributed by atoms with Crippen molar-refractivity contribution >= 4 is 17.5 Å². The number of carbonyl (C=O) groups is 2. The van der Waals surface area contributed by atoms with Crippen LogP contribution >= 0.6 is 0 Å². The second-order valence-corrected chi connectivity index (χ2v) is 4.68. The van der Waals surface area contributed by atoms with E-state index in [1.165, 1.54) is 4.90 Å². The highest BCUT2D eigenvalue weighted by molar-refractivity contribution is 6.41. The van der Waals surface area contributed by atoms with Crippen molar-refractivity contribution in [3.05, 3.63) is 29.8 Å². The number of anilines is 1. The number of fused-ring (bicyclic) bond motifs is 3. The molecule has 2 heterocycles. The molecule has 88 valence electrons. The number of hydrogen-bond acceptors (Lipinski definition) is 2. The monoisotopic (exact) mass is 230 g/mol. The third-order valence-electron chi connectivity index (χ3n) is 3.60. The molecule has 0 unspecified atom stereocenters. The summed E-state index contributed by atoms with van der Waals surface area (Å²) in [5, 5.41) is 0. The Hall–Kier alpha value is -1.84. The Morgan fingerprint density at radius 1 is 1.18 bits per heavy atom. The van der Waals surface area contributed by atoms with Crippen molar-refractivity contribution in [1.29, 1.82) is 0 Å². The molecule has 0 spiro atoms. The number of rotatable bonds is 0. The van der Waals surface area contributed by atoms with E-state index in [-0.39, 0.29) is 6.04 Å². The predicted molar refractivity (Wildman–Crippen MR) is 63.7 cm³/mol. The van der Waals surface area contributed by atoms with E-state index in [1.54, 1.807) is 11.9 Å². The topological polar surface area (TPSA) is 40.6 Å². The molecule has 2 aliphatic rings. The lowest BCUT2D eigenvalue weighted by molar-refractivity contribution is -0.146. The van der Waals surface area contributed by atoms with E-state index in [1.807, 2.05) is 24.3 Å². The normalized spacial score (nSPS) is 23.5. The summed E-state index contributed by atoms with van der Waals surface area (Å²) in [6.07, 6.45) is 1.91. The molecule has 4 nitrogen and oxygen atoms in total. The van der Waals surface area contributed by atoms with E-state index in [0.717, 1.165) is 24.1 Å². The average Bonchev–Trinajstić information content (AvgIpc) is 2.35. The molecule has 0 aliphatic carbocycles. The summed E-state index contributed by atoms with van der Waals surface area (Å²) < 4.78 is 0. The summed E-state index contributed by atoms with van der Waals surface area (Å²) in [7, 11) is 1.69. The fourth-order valence-electron chi connectivity index (χ4n) is 2.72. The molecular weight excluding hydrogens is 216 g/mol. The van der Waals surface area contributed by atoms with Crippen molar-refractivity contribution in [3.63, 3.8) is 0 Å². The van der Waals surface area contributed by atoms with Gasteiger partial charge in [0.25, 0.3) is 0 Å². The molecule has 2 aliphatic heterocycles. The molecule has 0 saturated carbocycles. The van der Waals surface area contributed by atoms with E-state index in [2.05, 4.69) is 0 Å². The number of benzene rings is 1. The highest BCUT2D eigenvalue weighted by Gasteiger charge is 2.40. The van der Waals surface area contributed by atoms with Crippen LogP contribution in [-0.2, 0) is 16.0 Å². The average molecular weight is 230 g/mol. The Morgan fingerprint density at radius 2 is 1.94 bits per heavy atom. The fraction of sp³-hybridized carbons (Fsp3) is 0.385.